The Kier molecular flexibility index (Phi) is 4.98. The molecule has 2 aromatic rings. The van der Waals surface area contributed by atoms with E-state index in [2.05, 4.69) is 4.90 Å². The fourth-order valence-electron chi connectivity index (χ4n) is 3.91. The molecule has 0 unspecified atom stereocenters. The summed E-state index contributed by atoms with van der Waals surface area (Å²) >= 11 is 5.99. The number of aryl methyl sites for hydroxylation is 2. The van der Waals surface area contributed by atoms with Crippen LogP contribution in [0.15, 0.2) is 48.2 Å². The Morgan fingerprint density at radius 2 is 1.50 bits per heavy atom. The average Bonchev–Trinajstić information content (AvgIpc) is 2.96. The second kappa shape index (κ2) is 7.44. The van der Waals surface area contributed by atoms with Crippen molar-refractivity contribution >= 4 is 34.7 Å². The standard InChI is InChI=1S/C23H23ClN2O2/c1-15-6-7-17(14-16(15)2)20-21(25-12-4-3-5-13-25)23(28)26(22(20)27)19-10-8-18(24)9-11-19/h6-11,14H,3-5,12-13H2,1-2H3. The van der Waals surface area contributed by atoms with Crippen LogP contribution in [-0.2, 0) is 9.59 Å². The summed E-state index contributed by atoms with van der Waals surface area (Å²) in [5.74, 6) is -0.515. The van der Waals surface area contributed by atoms with Gasteiger partial charge >= 0.3 is 0 Å². The largest absolute Gasteiger partial charge is 0.366 e. The van der Waals surface area contributed by atoms with Crippen molar-refractivity contribution in [3.8, 4) is 0 Å². The lowest BCUT2D eigenvalue weighted by molar-refractivity contribution is -0.120. The lowest BCUT2D eigenvalue weighted by Gasteiger charge is -2.29. The fourth-order valence-corrected chi connectivity index (χ4v) is 4.04. The molecule has 0 spiro atoms. The van der Waals surface area contributed by atoms with Gasteiger partial charge in [-0.3, -0.25) is 9.59 Å². The van der Waals surface area contributed by atoms with Crippen molar-refractivity contribution in [2.45, 2.75) is 33.1 Å². The third-order valence-electron chi connectivity index (χ3n) is 5.61. The normalized spacial score (nSPS) is 17.7. The first-order chi connectivity index (χ1) is 13.5. The lowest BCUT2D eigenvalue weighted by Crippen LogP contribution is -2.37. The molecule has 1 fully saturated rings. The molecule has 0 radical (unpaired) electrons. The Bertz CT molecular complexity index is 973. The summed E-state index contributed by atoms with van der Waals surface area (Å²) in [5, 5.41) is 0.571. The zero-order valence-electron chi connectivity index (χ0n) is 16.2. The van der Waals surface area contributed by atoms with Crippen LogP contribution in [0.1, 0.15) is 36.0 Å². The molecule has 2 aromatic carbocycles. The number of likely N-dealkylation sites (tertiary alicyclic amines) is 1. The number of nitrogens with zero attached hydrogens (tertiary/aromatic N) is 2. The highest BCUT2D eigenvalue weighted by atomic mass is 35.5. The Morgan fingerprint density at radius 1 is 0.821 bits per heavy atom. The fraction of sp³-hybridized carbons (Fsp3) is 0.304. The number of halogens is 1. The number of hydrogen-bond acceptors (Lipinski definition) is 3. The summed E-state index contributed by atoms with van der Waals surface area (Å²) in [5.41, 5.74) is 4.66. The van der Waals surface area contributed by atoms with E-state index < -0.39 is 0 Å². The van der Waals surface area contributed by atoms with Gasteiger partial charge in [-0.25, -0.2) is 4.90 Å². The minimum absolute atomic E-state index is 0.248. The van der Waals surface area contributed by atoms with Crippen molar-refractivity contribution in [3.63, 3.8) is 0 Å². The molecule has 0 aromatic heterocycles. The molecule has 0 atom stereocenters. The van der Waals surface area contributed by atoms with E-state index in [-0.39, 0.29) is 11.8 Å². The Hall–Kier alpha value is -2.59. The van der Waals surface area contributed by atoms with Gasteiger partial charge < -0.3 is 4.90 Å². The van der Waals surface area contributed by atoms with E-state index >= 15 is 0 Å². The molecule has 5 heteroatoms. The van der Waals surface area contributed by atoms with Crippen LogP contribution in [0, 0.1) is 13.8 Å². The molecule has 28 heavy (non-hydrogen) atoms. The Morgan fingerprint density at radius 3 is 2.14 bits per heavy atom. The first kappa shape index (κ1) is 18.8. The summed E-state index contributed by atoms with van der Waals surface area (Å²) in [7, 11) is 0. The first-order valence-corrected chi connectivity index (χ1v) is 10.1. The molecule has 0 N–H and O–H groups in total. The predicted molar refractivity (Wildman–Crippen MR) is 112 cm³/mol. The van der Waals surface area contributed by atoms with Crippen molar-refractivity contribution in [1.82, 2.24) is 4.90 Å². The topological polar surface area (TPSA) is 40.6 Å². The average molecular weight is 395 g/mol. The van der Waals surface area contributed by atoms with Crippen LogP contribution >= 0.6 is 11.6 Å². The molecule has 2 aliphatic heterocycles. The monoisotopic (exact) mass is 394 g/mol. The maximum absolute atomic E-state index is 13.4. The zero-order chi connectivity index (χ0) is 19.8. The van der Waals surface area contributed by atoms with Gasteiger partial charge in [0, 0.05) is 18.1 Å². The molecule has 2 amide bonds. The van der Waals surface area contributed by atoms with Gasteiger partial charge in [0.05, 0.1) is 11.3 Å². The van der Waals surface area contributed by atoms with Crippen LogP contribution in [0.2, 0.25) is 5.02 Å². The van der Waals surface area contributed by atoms with Gasteiger partial charge in [0.25, 0.3) is 11.8 Å². The molecule has 1 saturated heterocycles. The predicted octanol–water partition coefficient (Wildman–Crippen LogP) is 4.73. The van der Waals surface area contributed by atoms with E-state index in [1.54, 1.807) is 24.3 Å². The smallest absolute Gasteiger partial charge is 0.282 e. The summed E-state index contributed by atoms with van der Waals surface area (Å²) < 4.78 is 0. The van der Waals surface area contributed by atoms with E-state index in [0.717, 1.165) is 49.0 Å². The minimum atomic E-state index is -0.267. The third-order valence-corrected chi connectivity index (χ3v) is 5.86. The van der Waals surface area contributed by atoms with Gasteiger partial charge in [-0.2, -0.15) is 0 Å². The molecule has 2 heterocycles. The van der Waals surface area contributed by atoms with Gasteiger partial charge in [-0.1, -0.05) is 29.8 Å². The van der Waals surface area contributed by atoms with Crippen LogP contribution in [-0.4, -0.2) is 29.8 Å². The molecule has 4 nitrogen and oxygen atoms in total. The van der Waals surface area contributed by atoms with E-state index in [9.17, 15) is 9.59 Å². The van der Waals surface area contributed by atoms with Gasteiger partial charge in [0.1, 0.15) is 5.70 Å². The van der Waals surface area contributed by atoms with Crippen LogP contribution < -0.4 is 4.90 Å². The van der Waals surface area contributed by atoms with Crippen LogP contribution in [0.4, 0.5) is 5.69 Å². The van der Waals surface area contributed by atoms with E-state index in [1.807, 2.05) is 32.0 Å². The second-order valence-electron chi connectivity index (χ2n) is 7.49. The van der Waals surface area contributed by atoms with Crippen molar-refractivity contribution < 1.29 is 9.59 Å². The molecule has 0 saturated carbocycles. The first-order valence-electron chi connectivity index (χ1n) is 9.68. The van der Waals surface area contributed by atoms with Crippen molar-refractivity contribution in [1.29, 1.82) is 0 Å². The van der Waals surface area contributed by atoms with Gasteiger partial charge in [-0.05, 0) is 74.1 Å². The van der Waals surface area contributed by atoms with E-state index in [4.69, 9.17) is 11.6 Å². The SMILES string of the molecule is Cc1ccc(C2=C(N3CCCCC3)C(=O)N(c3ccc(Cl)cc3)C2=O)cc1C. The molecule has 2 aliphatic rings. The molecule has 4 rings (SSSR count). The maximum Gasteiger partial charge on any atom is 0.282 e. The van der Waals surface area contributed by atoms with Crippen molar-refractivity contribution in [2.75, 3.05) is 18.0 Å². The Balaban J connectivity index is 1.84. The summed E-state index contributed by atoms with van der Waals surface area (Å²) in [6.07, 6.45) is 3.23. The second-order valence-corrected chi connectivity index (χ2v) is 7.93. The Labute approximate surface area is 170 Å². The highest BCUT2D eigenvalue weighted by Crippen LogP contribution is 2.36. The lowest BCUT2D eigenvalue weighted by atomic mass is 9.98. The van der Waals surface area contributed by atoms with Gasteiger partial charge in [0.15, 0.2) is 0 Å². The maximum atomic E-state index is 13.4. The number of hydrogen-bond donors (Lipinski definition) is 0. The highest BCUT2D eigenvalue weighted by molar-refractivity contribution is 6.45. The number of amides is 2. The third kappa shape index (κ3) is 3.22. The van der Waals surface area contributed by atoms with Gasteiger partial charge in [0.2, 0.25) is 0 Å². The number of anilines is 1. The number of carbonyl (C=O) groups is 2. The number of carbonyl (C=O) groups excluding carboxylic acids is 2. The van der Waals surface area contributed by atoms with Crippen LogP contribution in [0.5, 0.6) is 0 Å². The summed E-state index contributed by atoms with van der Waals surface area (Å²) in [6, 6.07) is 12.8. The van der Waals surface area contributed by atoms with Crippen molar-refractivity contribution in [2.24, 2.45) is 0 Å². The number of benzene rings is 2. The van der Waals surface area contributed by atoms with Crippen LogP contribution in [0.25, 0.3) is 5.57 Å². The number of piperidine rings is 1. The number of rotatable bonds is 3. The highest BCUT2D eigenvalue weighted by Gasteiger charge is 2.42. The minimum Gasteiger partial charge on any atom is -0.366 e. The zero-order valence-corrected chi connectivity index (χ0v) is 16.9. The quantitative estimate of drug-likeness (QED) is 0.707. The summed E-state index contributed by atoms with van der Waals surface area (Å²) in [6.45, 7) is 5.67. The molecular weight excluding hydrogens is 372 g/mol. The summed E-state index contributed by atoms with van der Waals surface area (Å²) in [4.78, 5) is 30.2. The number of imide groups is 1. The molecule has 0 aliphatic carbocycles. The molecular formula is C23H23ClN2O2. The van der Waals surface area contributed by atoms with Gasteiger partial charge in [-0.15, -0.1) is 0 Å². The van der Waals surface area contributed by atoms with Crippen LogP contribution in [0.3, 0.4) is 0 Å². The molecule has 144 valence electrons. The van der Waals surface area contributed by atoms with E-state index in [1.165, 1.54) is 4.90 Å². The van der Waals surface area contributed by atoms with E-state index in [0.29, 0.717) is 22.0 Å². The van der Waals surface area contributed by atoms with Crippen molar-refractivity contribution in [3.05, 3.63) is 69.9 Å². The molecule has 0 bridgehead atoms.